The van der Waals surface area contributed by atoms with Gasteiger partial charge in [-0.15, -0.1) is 0 Å². The molecule has 0 spiro atoms. The number of carbonyl (C=O) groups excluding carboxylic acids is 1. The lowest BCUT2D eigenvalue weighted by Gasteiger charge is -2.27. The first-order valence-electron chi connectivity index (χ1n) is 8.28. The average Bonchev–Trinajstić information content (AvgIpc) is 2.72. The van der Waals surface area contributed by atoms with Crippen molar-refractivity contribution in [3.05, 3.63) is 98.4 Å². The predicted octanol–water partition coefficient (Wildman–Crippen LogP) is 4.30. The van der Waals surface area contributed by atoms with Crippen LogP contribution in [-0.2, 0) is 10.4 Å². The number of benzene rings is 3. The summed E-state index contributed by atoms with van der Waals surface area (Å²) in [7, 11) is 0. The van der Waals surface area contributed by atoms with Gasteiger partial charge in [-0.25, -0.2) is 5.43 Å². The van der Waals surface area contributed by atoms with Crippen LogP contribution < -0.4 is 5.43 Å². The molecular formula is C21H16Br2N2O3. The van der Waals surface area contributed by atoms with Gasteiger partial charge in [-0.05, 0) is 60.7 Å². The first-order chi connectivity index (χ1) is 13.4. The quantitative estimate of drug-likeness (QED) is 0.358. The molecule has 0 saturated heterocycles. The van der Waals surface area contributed by atoms with E-state index in [4.69, 9.17) is 0 Å². The molecule has 0 aromatic heterocycles. The van der Waals surface area contributed by atoms with Crippen LogP contribution >= 0.6 is 31.9 Å². The number of aliphatic hydroxyl groups is 1. The van der Waals surface area contributed by atoms with Gasteiger partial charge < -0.3 is 10.2 Å². The van der Waals surface area contributed by atoms with E-state index >= 15 is 0 Å². The van der Waals surface area contributed by atoms with Crippen molar-refractivity contribution in [3.63, 3.8) is 0 Å². The molecule has 1 amide bonds. The maximum Gasteiger partial charge on any atom is 0.281 e. The van der Waals surface area contributed by atoms with Crippen LogP contribution in [0.25, 0.3) is 0 Å². The van der Waals surface area contributed by atoms with Gasteiger partial charge in [0.15, 0.2) is 5.60 Å². The van der Waals surface area contributed by atoms with E-state index in [1.54, 1.807) is 60.7 Å². The standard InChI is InChI=1S/C21H16Br2N2O3/c22-17-11-14(12-18(23)19(17)26)13-24-25-20(27)21(28,15-7-3-1-4-8-15)16-9-5-2-6-10-16/h1-13,26,28H,(H,25,27)/b24-13-. The number of phenols is 1. The summed E-state index contributed by atoms with van der Waals surface area (Å²) in [4.78, 5) is 12.9. The second-order valence-electron chi connectivity index (χ2n) is 5.97. The van der Waals surface area contributed by atoms with Crippen LogP contribution in [0.3, 0.4) is 0 Å². The Kier molecular flexibility index (Phi) is 6.28. The molecule has 0 bridgehead atoms. The normalized spacial score (nSPS) is 11.5. The Hall–Kier alpha value is -2.48. The SMILES string of the molecule is O=C(N/N=C\c1cc(Br)c(O)c(Br)c1)C(O)(c1ccccc1)c1ccccc1. The molecule has 0 fully saturated rings. The van der Waals surface area contributed by atoms with Crippen LogP contribution in [-0.4, -0.2) is 22.3 Å². The highest BCUT2D eigenvalue weighted by molar-refractivity contribution is 9.11. The largest absolute Gasteiger partial charge is 0.506 e. The van der Waals surface area contributed by atoms with Gasteiger partial charge in [0.25, 0.3) is 5.91 Å². The molecule has 3 aromatic rings. The van der Waals surface area contributed by atoms with Gasteiger partial charge in [-0.1, -0.05) is 60.7 Å². The fourth-order valence-corrected chi connectivity index (χ4v) is 3.92. The second kappa shape index (κ2) is 8.68. The van der Waals surface area contributed by atoms with Gasteiger partial charge in [-0.3, -0.25) is 4.79 Å². The molecule has 0 radical (unpaired) electrons. The van der Waals surface area contributed by atoms with E-state index in [1.807, 2.05) is 12.1 Å². The fraction of sp³-hybridized carbons (Fsp3) is 0.0476. The summed E-state index contributed by atoms with van der Waals surface area (Å²) in [6, 6.07) is 20.7. The number of carbonyl (C=O) groups is 1. The predicted molar refractivity (Wildman–Crippen MR) is 115 cm³/mol. The van der Waals surface area contributed by atoms with E-state index in [0.29, 0.717) is 25.6 Å². The molecule has 0 aliphatic heterocycles. The van der Waals surface area contributed by atoms with Crippen LogP contribution in [0.15, 0.2) is 86.8 Å². The molecule has 0 aliphatic carbocycles. The Morgan fingerprint density at radius 2 is 1.39 bits per heavy atom. The Labute approximate surface area is 179 Å². The smallest absolute Gasteiger partial charge is 0.281 e. The van der Waals surface area contributed by atoms with E-state index in [1.165, 1.54) is 6.21 Å². The summed E-state index contributed by atoms with van der Waals surface area (Å²) in [6.07, 6.45) is 1.42. The number of hydrazone groups is 1. The zero-order valence-electron chi connectivity index (χ0n) is 14.5. The zero-order chi connectivity index (χ0) is 20.1. The number of nitrogens with one attached hydrogen (secondary N) is 1. The Bertz CT molecular complexity index is 946. The van der Waals surface area contributed by atoms with Crippen LogP contribution in [0.4, 0.5) is 0 Å². The van der Waals surface area contributed by atoms with Crippen molar-refractivity contribution in [2.45, 2.75) is 5.60 Å². The van der Waals surface area contributed by atoms with E-state index < -0.39 is 11.5 Å². The Morgan fingerprint density at radius 1 is 0.929 bits per heavy atom. The molecule has 7 heteroatoms. The highest BCUT2D eigenvalue weighted by atomic mass is 79.9. The number of halogens is 2. The van der Waals surface area contributed by atoms with Gasteiger partial charge >= 0.3 is 0 Å². The number of amides is 1. The third-order valence-corrected chi connectivity index (χ3v) is 5.34. The Balaban J connectivity index is 1.89. The number of hydrogen-bond acceptors (Lipinski definition) is 4. The summed E-state index contributed by atoms with van der Waals surface area (Å²) in [5.74, 6) is -0.609. The molecule has 3 aromatic carbocycles. The fourth-order valence-electron chi connectivity index (χ4n) is 2.69. The monoisotopic (exact) mass is 502 g/mol. The van der Waals surface area contributed by atoms with Gasteiger partial charge in [-0.2, -0.15) is 5.10 Å². The van der Waals surface area contributed by atoms with Crippen molar-refractivity contribution >= 4 is 44.0 Å². The molecule has 3 rings (SSSR count). The minimum atomic E-state index is -1.89. The zero-order valence-corrected chi connectivity index (χ0v) is 17.7. The number of phenolic OH excluding ortho intramolecular Hbond substituents is 1. The highest BCUT2D eigenvalue weighted by Crippen LogP contribution is 2.33. The van der Waals surface area contributed by atoms with Crippen molar-refractivity contribution in [2.75, 3.05) is 0 Å². The minimum Gasteiger partial charge on any atom is -0.506 e. The van der Waals surface area contributed by atoms with Crippen LogP contribution in [0, 0.1) is 0 Å². The van der Waals surface area contributed by atoms with Gasteiger partial charge in [0.1, 0.15) is 5.75 Å². The van der Waals surface area contributed by atoms with Crippen LogP contribution in [0.1, 0.15) is 16.7 Å². The van der Waals surface area contributed by atoms with Gasteiger partial charge in [0.2, 0.25) is 0 Å². The lowest BCUT2D eigenvalue weighted by molar-refractivity contribution is -0.136. The topological polar surface area (TPSA) is 81.9 Å². The average molecular weight is 504 g/mol. The summed E-state index contributed by atoms with van der Waals surface area (Å²) in [5, 5.41) is 25.0. The maximum absolute atomic E-state index is 12.9. The Morgan fingerprint density at radius 3 is 1.86 bits per heavy atom. The van der Waals surface area contributed by atoms with Crippen molar-refractivity contribution in [1.29, 1.82) is 0 Å². The van der Waals surface area contributed by atoms with Crippen LogP contribution in [0.5, 0.6) is 5.75 Å². The highest BCUT2D eigenvalue weighted by Gasteiger charge is 2.39. The van der Waals surface area contributed by atoms with Gasteiger partial charge in [0, 0.05) is 0 Å². The number of nitrogens with zero attached hydrogens (tertiary/aromatic N) is 1. The molecular weight excluding hydrogens is 488 g/mol. The number of hydrogen-bond donors (Lipinski definition) is 3. The van der Waals surface area contributed by atoms with Crippen molar-refractivity contribution in [3.8, 4) is 5.75 Å². The third kappa shape index (κ3) is 4.16. The summed E-state index contributed by atoms with van der Waals surface area (Å²) >= 11 is 6.48. The molecule has 0 atom stereocenters. The maximum atomic E-state index is 12.9. The van der Waals surface area contributed by atoms with Crippen molar-refractivity contribution in [1.82, 2.24) is 5.43 Å². The minimum absolute atomic E-state index is 0.0729. The summed E-state index contributed by atoms with van der Waals surface area (Å²) < 4.78 is 0.972. The molecule has 28 heavy (non-hydrogen) atoms. The molecule has 0 heterocycles. The molecule has 142 valence electrons. The molecule has 3 N–H and O–H groups in total. The lowest BCUT2D eigenvalue weighted by Crippen LogP contribution is -2.43. The second-order valence-corrected chi connectivity index (χ2v) is 7.68. The van der Waals surface area contributed by atoms with Crippen molar-refractivity contribution < 1.29 is 15.0 Å². The first kappa shape index (κ1) is 20.3. The third-order valence-electron chi connectivity index (χ3n) is 4.13. The van der Waals surface area contributed by atoms with Crippen molar-refractivity contribution in [2.24, 2.45) is 5.10 Å². The summed E-state index contributed by atoms with van der Waals surface area (Å²) in [6.45, 7) is 0. The number of aromatic hydroxyl groups is 1. The van der Waals surface area contributed by atoms with E-state index in [-0.39, 0.29) is 5.75 Å². The molecule has 0 saturated carbocycles. The molecule has 0 aliphatic rings. The number of rotatable bonds is 5. The molecule has 5 nitrogen and oxygen atoms in total. The van der Waals surface area contributed by atoms with Crippen LogP contribution in [0.2, 0.25) is 0 Å². The summed E-state index contributed by atoms with van der Waals surface area (Å²) in [5.41, 5.74) is 2.02. The van der Waals surface area contributed by atoms with E-state index in [0.717, 1.165) is 0 Å². The van der Waals surface area contributed by atoms with E-state index in [2.05, 4.69) is 42.4 Å². The molecule has 0 unspecified atom stereocenters. The first-order valence-corrected chi connectivity index (χ1v) is 9.86. The van der Waals surface area contributed by atoms with E-state index in [9.17, 15) is 15.0 Å². The van der Waals surface area contributed by atoms with Gasteiger partial charge in [0.05, 0.1) is 15.2 Å². The lowest BCUT2D eigenvalue weighted by atomic mass is 9.85.